The lowest BCUT2D eigenvalue weighted by molar-refractivity contribution is 0.132. The molecule has 1 unspecified atom stereocenters. The number of aliphatic hydroxyl groups is 1. The second-order valence-corrected chi connectivity index (χ2v) is 5.13. The van der Waals surface area contributed by atoms with Crippen LogP contribution in [0.4, 0.5) is 8.78 Å². The van der Waals surface area contributed by atoms with Gasteiger partial charge in [-0.2, -0.15) is 0 Å². The third-order valence-corrected chi connectivity index (χ3v) is 3.86. The Balaban J connectivity index is 1.98. The Morgan fingerprint density at radius 3 is 2.05 bits per heavy atom. The quantitative estimate of drug-likeness (QED) is 0.891. The van der Waals surface area contributed by atoms with Gasteiger partial charge in [-0.15, -0.1) is 0 Å². The first-order valence-corrected chi connectivity index (χ1v) is 6.31. The third-order valence-electron chi connectivity index (χ3n) is 3.86. The van der Waals surface area contributed by atoms with E-state index in [0.29, 0.717) is 5.56 Å². The van der Waals surface area contributed by atoms with E-state index in [2.05, 4.69) is 0 Å². The van der Waals surface area contributed by atoms with E-state index >= 15 is 0 Å². The molecule has 2 aromatic rings. The second-order valence-electron chi connectivity index (χ2n) is 5.13. The lowest BCUT2D eigenvalue weighted by Crippen LogP contribution is -2.18. The number of hydrogen-bond donors (Lipinski definition) is 1. The Labute approximate surface area is 110 Å². The van der Waals surface area contributed by atoms with Gasteiger partial charge in [0.05, 0.1) is 6.10 Å². The first-order chi connectivity index (χ1) is 9.12. The smallest absolute Gasteiger partial charge is 0.126 e. The van der Waals surface area contributed by atoms with Gasteiger partial charge in [0.1, 0.15) is 11.6 Å². The molecule has 0 heterocycles. The van der Waals surface area contributed by atoms with Crippen LogP contribution in [-0.4, -0.2) is 5.11 Å². The van der Waals surface area contributed by atoms with Gasteiger partial charge in [0.25, 0.3) is 0 Å². The third kappa shape index (κ3) is 2.15. The highest BCUT2D eigenvalue weighted by Crippen LogP contribution is 2.56. The molecule has 1 aliphatic rings. The van der Waals surface area contributed by atoms with Crippen LogP contribution in [-0.2, 0) is 5.41 Å². The van der Waals surface area contributed by atoms with Crippen molar-refractivity contribution in [3.63, 3.8) is 0 Å². The Kier molecular flexibility index (Phi) is 2.86. The van der Waals surface area contributed by atoms with Crippen molar-refractivity contribution < 1.29 is 13.9 Å². The predicted octanol–water partition coefficient (Wildman–Crippen LogP) is 3.73. The summed E-state index contributed by atoms with van der Waals surface area (Å²) in [6.45, 7) is 0. The minimum atomic E-state index is -0.875. The van der Waals surface area contributed by atoms with Crippen LogP contribution in [0.1, 0.15) is 30.1 Å². The van der Waals surface area contributed by atoms with Crippen molar-refractivity contribution in [2.24, 2.45) is 0 Å². The maximum absolute atomic E-state index is 13.2. The summed E-state index contributed by atoms with van der Waals surface area (Å²) < 4.78 is 26.5. The van der Waals surface area contributed by atoms with E-state index in [4.69, 9.17) is 0 Å². The molecule has 0 aromatic heterocycles. The highest BCUT2D eigenvalue weighted by molar-refractivity contribution is 5.37. The maximum Gasteiger partial charge on any atom is 0.126 e. The molecular formula is C16H14F2O. The number of rotatable bonds is 3. The molecule has 0 spiro atoms. The zero-order valence-corrected chi connectivity index (χ0v) is 10.3. The Morgan fingerprint density at radius 1 is 0.947 bits per heavy atom. The molecule has 2 aromatic carbocycles. The monoisotopic (exact) mass is 260 g/mol. The molecular weight excluding hydrogens is 246 g/mol. The van der Waals surface area contributed by atoms with Crippen molar-refractivity contribution in [3.8, 4) is 0 Å². The standard InChI is InChI=1S/C16H14F2O/c17-13-8-11(9-14(18)10-13)15(19)16(6-7-16)12-4-2-1-3-5-12/h1-5,8-10,15,19H,6-7H2. The van der Waals surface area contributed by atoms with Crippen LogP contribution < -0.4 is 0 Å². The molecule has 1 atom stereocenters. The zero-order valence-electron chi connectivity index (χ0n) is 10.3. The summed E-state index contributed by atoms with van der Waals surface area (Å²) in [6, 6.07) is 12.9. The van der Waals surface area contributed by atoms with Gasteiger partial charge in [0, 0.05) is 11.5 Å². The van der Waals surface area contributed by atoms with E-state index in [9.17, 15) is 13.9 Å². The van der Waals surface area contributed by atoms with Gasteiger partial charge >= 0.3 is 0 Å². The van der Waals surface area contributed by atoms with Crippen molar-refractivity contribution >= 4 is 0 Å². The SMILES string of the molecule is OC(c1cc(F)cc(F)c1)C1(c2ccccc2)CC1. The van der Waals surface area contributed by atoms with Gasteiger partial charge in [0.2, 0.25) is 0 Å². The van der Waals surface area contributed by atoms with E-state index in [0.717, 1.165) is 24.5 Å². The average Bonchev–Trinajstić information content (AvgIpc) is 3.19. The summed E-state index contributed by atoms with van der Waals surface area (Å²) >= 11 is 0. The molecule has 0 bridgehead atoms. The van der Waals surface area contributed by atoms with Gasteiger partial charge in [0.15, 0.2) is 0 Å². The fourth-order valence-corrected chi connectivity index (χ4v) is 2.68. The summed E-state index contributed by atoms with van der Waals surface area (Å²) in [5.41, 5.74) is 0.938. The van der Waals surface area contributed by atoms with E-state index in [-0.39, 0.29) is 5.41 Å². The summed E-state index contributed by atoms with van der Waals surface area (Å²) in [5.74, 6) is -1.31. The lowest BCUT2D eigenvalue weighted by Gasteiger charge is -2.23. The highest BCUT2D eigenvalue weighted by atomic mass is 19.1. The molecule has 98 valence electrons. The molecule has 3 rings (SSSR count). The Morgan fingerprint density at radius 2 is 1.53 bits per heavy atom. The molecule has 1 nitrogen and oxygen atoms in total. The second kappa shape index (κ2) is 4.42. The fourth-order valence-electron chi connectivity index (χ4n) is 2.68. The minimum absolute atomic E-state index is 0.304. The molecule has 1 aliphatic carbocycles. The molecule has 1 fully saturated rings. The van der Waals surface area contributed by atoms with Crippen molar-refractivity contribution in [1.82, 2.24) is 0 Å². The van der Waals surface area contributed by atoms with Crippen LogP contribution in [0.25, 0.3) is 0 Å². The molecule has 0 radical (unpaired) electrons. The Bertz CT molecular complexity index is 571. The van der Waals surface area contributed by atoms with Gasteiger partial charge in [-0.25, -0.2) is 8.78 Å². The van der Waals surface area contributed by atoms with Crippen LogP contribution in [0.3, 0.4) is 0 Å². The minimum Gasteiger partial charge on any atom is -0.387 e. The Hall–Kier alpha value is -1.74. The van der Waals surface area contributed by atoms with Crippen LogP contribution >= 0.6 is 0 Å². The largest absolute Gasteiger partial charge is 0.387 e. The van der Waals surface area contributed by atoms with Crippen molar-refractivity contribution in [1.29, 1.82) is 0 Å². The number of benzene rings is 2. The average molecular weight is 260 g/mol. The molecule has 19 heavy (non-hydrogen) atoms. The van der Waals surface area contributed by atoms with E-state index < -0.39 is 17.7 Å². The molecule has 1 N–H and O–H groups in total. The van der Waals surface area contributed by atoms with Gasteiger partial charge in [-0.3, -0.25) is 0 Å². The van der Waals surface area contributed by atoms with E-state index in [1.807, 2.05) is 30.3 Å². The van der Waals surface area contributed by atoms with E-state index in [1.165, 1.54) is 12.1 Å². The molecule has 1 saturated carbocycles. The van der Waals surface area contributed by atoms with Gasteiger partial charge in [-0.05, 0) is 36.1 Å². The first-order valence-electron chi connectivity index (χ1n) is 6.31. The van der Waals surface area contributed by atoms with Crippen LogP contribution in [0.5, 0.6) is 0 Å². The van der Waals surface area contributed by atoms with Crippen molar-refractivity contribution in [2.75, 3.05) is 0 Å². The summed E-state index contributed by atoms with van der Waals surface area (Å²) in [5, 5.41) is 10.5. The summed E-state index contributed by atoms with van der Waals surface area (Å²) in [7, 11) is 0. The fraction of sp³-hybridized carbons (Fsp3) is 0.250. The topological polar surface area (TPSA) is 20.2 Å². The molecule has 0 saturated heterocycles. The van der Waals surface area contributed by atoms with Crippen molar-refractivity contribution in [2.45, 2.75) is 24.4 Å². The zero-order chi connectivity index (χ0) is 13.5. The summed E-state index contributed by atoms with van der Waals surface area (Å²) in [6.07, 6.45) is 0.784. The normalized spacial score (nSPS) is 18.1. The molecule has 0 aliphatic heterocycles. The van der Waals surface area contributed by atoms with Gasteiger partial charge < -0.3 is 5.11 Å². The maximum atomic E-state index is 13.2. The van der Waals surface area contributed by atoms with Crippen LogP contribution in [0.2, 0.25) is 0 Å². The number of hydrogen-bond acceptors (Lipinski definition) is 1. The number of halogens is 2. The first kappa shape index (κ1) is 12.3. The van der Waals surface area contributed by atoms with Gasteiger partial charge in [-0.1, -0.05) is 30.3 Å². The van der Waals surface area contributed by atoms with Crippen LogP contribution in [0, 0.1) is 11.6 Å². The van der Waals surface area contributed by atoms with Crippen molar-refractivity contribution in [3.05, 3.63) is 71.3 Å². The predicted molar refractivity (Wildman–Crippen MR) is 68.7 cm³/mol. The summed E-state index contributed by atoms with van der Waals surface area (Å²) in [4.78, 5) is 0. The lowest BCUT2D eigenvalue weighted by atomic mass is 9.86. The molecule has 0 amide bonds. The van der Waals surface area contributed by atoms with E-state index in [1.54, 1.807) is 0 Å². The molecule has 3 heteroatoms. The highest BCUT2D eigenvalue weighted by Gasteiger charge is 2.50. The number of aliphatic hydroxyl groups excluding tert-OH is 1. The van der Waals surface area contributed by atoms with Crippen LogP contribution in [0.15, 0.2) is 48.5 Å².